The smallest absolute Gasteiger partial charge is 0.383 e. The Hall–Kier alpha value is -1.33. The predicted molar refractivity (Wildman–Crippen MR) is 50.5 cm³/mol. The van der Waals surface area contributed by atoms with Gasteiger partial charge in [-0.15, -0.1) is 0 Å². The molecule has 0 amide bonds. The van der Waals surface area contributed by atoms with Crippen molar-refractivity contribution in [3.05, 3.63) is 29.6 Å². The Labute approximate surface area is 89.3 Å². The highest BCUT2D eigenvalue weighted by molar-refractivity contribution is 5.47. The molecule has 0 spiro atoms. The summed E-state index contributed by atoms with van der Waals surface area (Å²) >= 11 is 0. The summed E-state index contributed by atoms with van der Waals surface area (Å²) < 4.78 is 61.6. The molecule has 6 heteroatoms. The highest BCUT2D eigenvalue weighted by atomic mass is 19.4. The average Bonchev–Trinajstić information content (AvgIpc) is 2.19. The quantitative estimate of drug-likeness (QED) is 0.625. The number of halogens is 5. The topological polar surface area (TPSA) is 12.0 Å². The van der Waals surface area contributed by atoms with Gasteiger partial charge in [-0.1, -0.05) is 0 Å². The zero-order valence-corrected chi connectivity index (χ0v) is 8.24. The number of alkyl halides is 4. The summed E-state index contributed by atoms with van der Waals surface area (Å²) in [6.07, 6.45) is -4.39. The van der Waals surface area contributed by atoms with Crippen molar-refractivity contribution >= 4 is 5.69 Å². The van der Waals surface area contributed by atoms with E-state index in [1.54, 1.807) is 0 Å². The first-order chi connectivity index (χ1) is 7.45. The van der Waals surface area contributed by atoms with Gasteiger partial charge in [-0.3, -0.25) is 4.39 Å². The molecule has 1 N–H and O–H groups in total. The lowest BCUT2D eigenvalue weighted by Crippen LogP contribution is -2.09. The van der Waals surface area contributed by atoms with Crippen molar-refractivity contribution in [2.75, 3.05) is 18.5 Å². The molecule has 1 rings (SSSR count). The van der Waals surface area contributed by atoms with Crippen LogP contribution in [-0.2, 0) is 6.18 Å². The molecule has 0 heterocycles. The average molecular weight is 239 g/mol. The molecule has 1 aromatic carbocycles. The molecule has 0 saturated heterocycles. The van der Waals surface area contributed by atoms with E-state index in [9.17, 15) is 22.0 Å². The van der Waals surface area contributed by atoms with Gasteiger partial charge in [0.25, 0.3) is 0 Å². The molecule has 0 saturated carbocycles. The second-order valence-corrected chi connectivity index (χ2v) is 3.16. The fourth-order valence-electron chi connectivity index (χ4n) is 1.13. The summed E-state index contributed by atoms with van der Waals surface area (Å²) in [5, 5.41) is 2.41. The van der Waals surface area contributed by atoms with Gasteiger partial charge in [0.1, 0.15) is 5.82 Å². The van der Waals surface area contributed by atoms with E-state index in [-0.39, 0.29) is 18.7 Å². The lowest BCUT2D eigenvalue weighted by molar-refractivity contribution is -0.137. The van der Waals surface area contributed by atoms with E-state index in [1.807, 2.05) is 0 Å². The SMILES string of the molecule is FCCCNc1cc(C(F)(F)F)ccc1F. The second kappa shape index (κ2) is 5.14. The maximum atomic E-state index is 13.1. The molecular formula is C10H10F5N. The predicted octanol–water partition coefficient (Wildman–Crippen LogP) is 3.62. The number of nitrogens with one attached hydrogen (secondary N) is 1. The monoisotopic (exact) mass is 239 g/mol. The molecular weight excluding hydrogens is 229 g/mol. The fraction of sp³-hybridized carbons (Fsp3) is 0.400. The summed E-state index contributed by atoms with van der Waals surface area (Å²) in [5.41, 5.74) is -1.19. The van der Waals surface area contributed by atoms with Crippen molar-refractivity contribution in [2.45, 2.75) is 12.6 Å². The van der Waals surface area contributed by atoms with Crippen molar-refractivity contribution in [1.82, 2.24) is 0 Å². The van der Waals surface area contributed by atoms with Gasteiger partial charge in [0.15, 0.2) is 0 Å². The minimum atomic E-state index is -4.51. The Kier molecular flexibility index (Phi) is 4.09. The molecule has 0 aliphatic rings. The molecule has 90 valence electrons. The molecule has 0 aliphatic carbocycles. The van der Waals surface area contributed by atoms with Crippen molar-refractivity contribution in [1.29, 1.82) is 0 Å². The molecule has 0 radical (unpaired) electrons. The Balaban J connectivity index is 2.83. The van der Waals surface area contributed by atoms with Crippen LogP contribution in [0.1, 0.15) is 12.0 Å². The van der Waals surface area contributed by atoms with Gasteiger partial charge in [0, 0.05) is 6.54 Å². The van der Waals surface area contributed by atoms with Crippen LogP contribution in [0.25, 0.3) is 0 Å². The number of hydrogen-bond donors (Lipinski definition) is 1. The van der Waals surface area contributed by atoms with Crippen LogP contribution in [0, 0.1) is 5.82 Å². The molecule has 0 unspecified atom stereocenters. The van der Waals surface area contributed by atoms with E-state index in [0.29, 0.717) is 12.1 Å². The van der Waals surface area contributed by atoms with Gasteiger partial charge in [-0.2, -0.15) is 13.2 Å². The van der Waals surface area contributed by atoms with Crippen LogP contribution in [-0.4, -0.2) is 13.2 Å². The third kappa shape index (κ3) is 3.36. The highest BCUT2D eigenvalue weighted by Gasteiger charge is 2.31. The minimum Gasteiger partial charge on any atom is -0.383 e. The summed E-state index contributed by atoms with van der Waals surface area (Å²) in [4.78, 5) is 0. The Morgan fingerprint density at radius 2 is 1.88 bits per heavy atom. The van der Waals surface area contributed by atoms with Crippen molar-refractivity contribution in [3.8, 4) is 0 Å². The van der Waals surface area contributed by atoms with Gasteiger partial charge in [0.2, 0.25) is 0 Å². The minimum absolute atomic E-state index is 0.0920. The Morgan fingerprint density at radius 1 is 1.19 bits per heavy atom. The van der Waals surface area contributed by atoms with E-state index in [0.717, 1.165) is 6.07 Å². The molecule has 0 aliphatic heterocycles. The zero-order chi connectivity index (χ0) is 12.2. The third-order valence-electron chi connectivity index (χ3n) is 1.92. The summed E-state index contributed by atoms with van der Waals surface area (Å²) in [6, 6.07) is 2.07. The van der Waals surface area contributed by atoms with E-state index in [2.05, 4.69) is 5.32 Å². The van der Waals surface area contributed by atoms with Gasteiger partial charge < -0.3 is 5.32 Å². The van der Waals surface area contributed by atoms with Gasteiger partial charge in [-0.05, 0) is 24.6 Å². The van der Waals surface area contributed by atoms with Crippen LogP contribution >= 0.6 is 0 Å². The van der Waals surface area contributed by atoms with Crippen LogP contribution in [0.2, 0.25) is 0 Å². The van der Waals surface area contributed by atoms with Crippen LogP contribution in [0.3, 0.4) is 0 Å². The maximum Gasteiger partial charge on any atom is 0.416 e. The Morgan fingerprint density at radius 3 is 2.44 bits per heavy atom. The van der Waals surface area contributed by atoms with Crippen LogP contribution in [0.4, 0.5) is 27.6 Å². The molecule has 1 aromatic rings. The van der Waals surface area contributed by atoms with Crippen molar-refractivity contribution in [2.24, 2.45) is 0 Å². The van der Waals surface area contributed by atoms with Crippen LogP contribution in [0.5, 0.6) is 0 Å². The van der Waals surface area contributed by atoms with Gasteiger partial charge in [0.05, 0.1) is 17.9 Å². The molecule has 16 heavy (non-hydrogen) atoms. The Bertz CT molecular complexity index is 348. The lowest BCUT2D eigenvalue weighted by Gasteiger charge is -2.11. The molecule has 1 nitrogen and oxygen atoms in total. The van der Waals surface area contributed by atoms with E-state index in [1.165, 1.54) is 0 Å². The molecule has 0 fully saturated rings. The first-order valence-corrected chi connectivity index (χ1v) is 4.61. The van der Waals surface area contributed by atoms with Gasteiger partial charge >= 0.3 is 6.18 Å². The number of benzene rings is 1. The number of anilines is 1. The molecule has 0 bridgehead atoms. The van der Waals surface area contributed by atoms with E-state index < -0.39 is 24.2 Å². The largest absolute Gasteiger partial charge is 0.416 e. The maximum absolute atomic E-state index is 13.1. The third-order valence-corrected chi connectivity index (χ3v) is 1.92. The van der Waals surface area contributed by atoms with Crippen LogP contribution in [0.15, 0.2) is 18.2 Å². The first-order valence-electron chi connectivity index (χ1n) is 4.61. The van der Waals surface area contributed by atoms with Crippen molar-refractivity contribution in [3.63, 3.8) is 0 Å². The van der Waals surface area contributed by atoms with Crippen molar-refractivity contribution < 1.29 is 22.0 Å². The van der Waals surface area contributed by atoms with Crippen LogP contribution < -0.4 is 5.32 Å². The van der Waals surface area contributed by atoms with E-state index >= 15 is 0 Å². The fourth-order valence-corrected chi connectivity index (χ4v) is 1.13. The summed E-state index contributed by atoms with van der Waals surface area (Å²) in [6.45, 7) is -0.512. The zero-order valence-electron chi connectivity index (χ0n) is 8.24. The summed E-state index contributed by atoms with van der Waals surface area (Å²) in [7, 11) is 0. The van der Waals surface area contributed by atoms with Gasteiger partial charge in [-0.25, -0.2) is 4.39 Å². The summed E-state index contributed by atoms with van der Waals surface area (Å²) in [5.74, 6) is -0.785. The standard InChI is InChI=1S/C10H10F5N/c11-4-1-5-16-9-6-7(10(13,14)15)2-3-8(9)12/h2-3,6,16H,1,4-5H2. The number of hydrogen-bond acceptors (Lipinski definition) is 1. The lowest BCUT2D eigenvalue weighted by atomic mass is 10.2. The molecule has 0 aromatic heterocycles. The number of rotatable bonds is 4. The molecule has 0 atom stereocenters. The normalized spacial score (nSPS) is 11.6. The first kappa shape index (κ1) is 12.7. The second-order valence-electron chi connectivity index (χ2n) is 3.16. The van der Waals surface area contributed by atoms with E-state index in [4.69, 9.17) is 0 Å². The highest BCUT2D eigenvalue weighted by Crippen LogP contribution is 2.31.